The molecule has 7 nitrogen and oxygen atoms in total. The Bertz CT molecular complexity index is 1180. The molecule has 0 bridgehead atoms. The number of amides is 1. The van der Waals surface area contributed by atoms with Gasteiger partial charge in [-0.15, -0.1) is 0 Å². The van der Waals surface area contributed by atoms with Crippen molar-refractivity contribution in [3.8, 4) is 5.69 Å². The smallest absolute Gasteiger partial charge is 0.350 e. The lowest BCUT2D eigenvalue weighted by atomic mass is 10.1. The van der Waals surface area contributed by atoms with Crippen molar-refractivity contribution in [3.05, 3.63) is 92.0 Å². The monoisotopic (exact) mass is 410 g/mol. The normalized spacial score (nSPS) is 11.0. The van der Waals surface area contributed by atoms with Crippen LogP contribution >= 0.6 is 0 Å². The highest BCUT2D eigenvalue weighted by atomic mass is 19.1. The van der Waals surface area contributed by atoms with Crippen LogP contribution in [0.3, 0.4) is 0 Å². The summed E-state index contributed by atoms with van der Waals surface area (Å²) in [5, 5.41) is 6.54. The number of carbonyl (C=O) groups is 1. The summed E-state index contributed by atoms with van der Waals surface area (Å²) in [5.41, 5.74) is -0.540. The lowest BCUT2D eigenvalue weighted by Gasteiger charge is -2.13. The first-order valence-electron chi connectivity index (χ1n) is 9.60. The van der Waals surface area contributed by atoms with E-state index in [0.717, 1.165) is 14.8 Å². The second-order valence-electron chi connectivity index (χ2n) is 7.48. The molecule has 0 radical (unpaired) electrons. The fourth-order valence-electron chi connectivity index (χ4n) is 2.83. The van der Waals surface area contributed by atoms with E-state index in [-0.39, 0.29) is 18.2 Å². The molecular weight excluding hydrogens is 387 g/mol. The number of hydrogen-bond acceptors (Lipinski definition) is 4. The van der Waals surface area contributed by atoms with Crippen LogP contribution in [0.25, 0.3) is 5.69 Å². The molecule has 1 heterocycles. The Morgan fingerprint density at radius 2 is 1.77 bits per heavy atom. The molecule has 0 atom stereocenters. The van der Waals surface area contributed by atoms with Gasteiger partial charge in [-0.2, -0.15) is 9.78 Å². The van der Waals surface area contributed by atoms with Crippen molar-refractivity contribution in [2.75, 3.05) is 6.54 Å². The standard InChI is InChI=1S/C22H23FN4O3/c1-14(2)12-24-20(28)19-21(29)26(13-16-10-8-15(3)9-11-16)22(30)27(25-19)18-7-5-4-6-17(18)23/h4-11,14H,12-13H2,1-3H3,(H,24,28). The van der Waals surface area contributed by atoms with Gasteiger partial charge >= 0.3 is 5.69 Å². The van der Waals surface area contributed by atoms with Crippen LogP contribution < -0.4 is 16.6 Å². The summed E-state index contributed by atoms with van der Waals surface area (Å²) in [5.74, 6) is -1.25. The second-order valence-corrected chi connectivity index (χ2v) is 7.48. The van der Waals surface area contributed by atoms with Crippen LogP contribution in [0.4, 0.5) is 4.39 Å². The minimum Gasteiger partial charge on any atom is -0.350 e. The number of nitrogens with zero attached hydrogens (tertiary/aromatic N) is 3. The molecule has 0 aliphatic carbocycles. The molecule has 3 aromatic rings. The quantitative estimate of drug-likeness (QED) is 0.676. The third-order valence-electron chi connectivity index (χ3n) is 4.49. The Kier molecular flexibility index (Phi) is 6.25. The molecule has 0 spiro atoms. The molecule has 30 heavy (non-hydrogen) atoms. The van der Waals surface area contributed by atoms with Crippen LogP contribution in [0.1, 0.15) is 35.5 Å². The van der Waals surface area contributed by atoms with E-state index in [1.54, 1.807) is 18.2 Å². The van der Waals surface area contributed by atoms with Crippen molar-refractivity contribution < 1.29 is 9.18 Å². The first-order chi connectivity index (χ1) is 14.3. The molecule has 3 rings (SSSR count). The summed E-state index contributed by atoms with van der Waals surface area (Å²) in [6.45, 7) is 5.99. The Hall–Kier alpha value is -3.55. The first-order valence-corrected chi connectivity index (χ1v) is 9.60. The van der Waals surface area contributed by atoms with Gasteiger partial charge in [0.15, 0.2) is 0 Å². The Labute approximate surface area is 172 Å². The maximum atomic E-state index is 14.4. The second kappa shape index (κ2) is 8.86. The van der Waals surface area contributed by atoms with Gasteiger partial charge in [0.2, 0.25) is 5.69 Å². The largest absolute Gasteiger partial charge is 0.352 e. The lowest BCUT2D eigenvalue weighted by molar-refractivity contribution is 0.0939. The SMILES string of the molecule is Cc1ccc(Cn2c(=O)c(C(=O)NCC(C)C)nn(-c3ccccc3F)c2=O)cc1. The van der Waals surface area contributed by atoms with Crippen LogP contribution in [-0.2, 0) is 6.54 Å². The molecule has 0 aliphatic rings. The molecule has 1 amide bonds. The molecule has 0 saturated carbocycles. The number of rotatable bonds is 6. The summed E-state index contributed by atoms with van der Waals surface area (Å²) in [7, 11) is 0. The van der Waals surface area contributed by atoms with Crippen molar-refractivity contribution in [1.29, 1.82) is 0 Å². The Balaban J connectivity index is 2.18. The highest BCUT2D eigenvalue weighted by molar-refractivity contribution is 5.91. The third-order valence-corrected chi connectivity index (χ3v) is 4.49. The van der Waals surface area contributed by atoms with Gasteiger partial charge in [0.1, 0.15) is 11.5 Å². The number of aryl methyl sites for hydroxylation is 1. The number of carbonyl (C=O) groups excluding carboxylic acids is 1. The fraction of sp³-hybridized carbons (Fsp3) is 0.273. The molecule has 0 unspecified atom stereocenters. The lowest BCUT2D eigenvalue weighted by Crippen LogP contribution is -2.46. The summed E-state index contributed by atoms with van der Waals surface area (Å²) >= 11 is 0. The van der Waals surface area contributed by atoms with Gasteiger partial charge in [-0.1, -0.05) is 55.8 Å². The maximum absolute atomic E-state index is 14.4. The highest BCUT2D eigenvalue weighted by Crippen LogP contribution is 2.09. The molecule has 1 aromatic heterocycles. The molecular formula is C22H23FN4O3. The van der Waals surface area contributed by atoms with Gasteiger partial charge in [-0.25, -0.2) is 9.18 Å². The zero-order valence-electron chi connectivity index (χ0n) is 17.1. The van der Waals surface area contributed by atoms with E-state index >= 15 is 0 Å². The van der Waals surface area contributed by atoms with Crippen molar-refractivity contribution in [1.82, 2.24) is 19.7 Å². The Morgan fingerprint density at radius 3 is 2.40 bits per heavy atom. The fourth-order valence-corrected chi connectivity index (χ4v) is 2.83. The zero-order chi connectivity index (χ0) is 21.8. The van der Waals surface area contributed by atoms with Gasteiger partial charge < -0.3 is 5.32 Å². The van der Waals surface area contributed by atoms with Crippen LogP contribution in [0.2, 0.25) is 0 Å². The van der Waals surface area contributed by atoms with E-state index in [0.29, 0.717) is 12.1 Å². The highest BCUT2D eigenvalue weighted by Gasteiger charge is 2.21. The number of aromatic nitrogens is 3. The summed E-state index contributed by atoms with van der Waals surface area (Å²) in [6, 6.07) is 12.8. The van der Waals surface area contributed by atoms with E-state index in [2.05, 4.69) is 10.4 Å². The number of nitrogens with one attached hydrogen (secondary N) is 1. The van der Waals surface area contributed by atoms with Crippen molar-refractivity contribution in [3.63, 3.8) is 0 Å². The average Bonchev–Trinajstić information content (AvgIpc) is 2.71. The molecule has 1 N–H and O–H groups in total. The van der Waals surface area contributed by atoms with E-state index in [4.69, 9.17) is 0 Å². The van der Waals surface area contributed by atoms with Crippen molar-refractivity contribution in [2.24, 2.45) is 5.92 Å². The van der Waals surface area contributed by atoms with Gasteiger partial charge in [0.25, 0.3) is 11.5 Å². The number of hydrogen-bond donors (Lipinski definition) is 1. The Morgan fingerprint density at radius 1 is 1.10 bits per heavy atom. The molecule has 0 fully saturated rings. The van der Waals surface area contributed by atoms with Gasteiger partial charge in [0.05, 0.1) is 6.54 Å². The third kappa shape index (κ3) is 4.53. The van der Waals surface area contributed by atoms with Crippen molar-refractivity contribution >= 4 is 5.91 Å². The van der Waals surface area contributed by atoms with Gasteiger partial charge in [-0.3, -0.25) is 14.2 Å². The van der Waals surface area contributed by atoms with Gasteiger partial charge in [-0.05, 0) is 30.5 Å². The summed E-state index contributed by atoms with van der Waals surface area (Å²) < 4.78 is 16.0. The molecule has 0 aliphatic heterocycles. The van der Waals surface area contributed by atoms with Crippen LogP contribution in [0.15, 0.2) is 58.1 Å². The molecule has 8 heteroatoms. The van der Waals surface area contributed by atoms with Crippen LogP contribution in [0, 0.1) is 18.7 Å². The van der Waals surface area contributed by atoms with E-state index in [1.807, 2.05) is 32.9 Å². The molecule has 156 valence electrons. The zero-order valence-corrected chi connectivity index (χ0v) is 17.1. The first kappa shape index (κ1) is 21.2. The van der Waals surface area contributed by atoms with E-state index < -0.39 is 28.7 Å². The summed E-state index contributed by atoms with van der Waals surface area (Å²) in [4.78, 5) is 38.6. The minimum absolute atomic E-state index is 0.0701. The molecule has 0 saturated heterocycles. The van der Waals surface area contributed by atoms with Crippen molar-refractivity contribution in [2.45, 2.75) is 27.3 Å². The van der Waals surface area contributed by atoms with E-state index in [9.17, 15) is 18.8 Å². The van der Waals surface area contributed by atoms with Crippen LogP contribution in [-0.4, -0.2) is 26.8 Å². The number of para-hydroxylation sites is 1. The predicted molar refractivity (Wildman–Crippen MR) is 112 cm³/mol. The average molecular weight is 410 g/mol. The van der Waals surface area contributed by atoms with Crippen LogP contribution in [0.5, 0.6) is 0 Å². The van der Waals surface area contributed by atoms with E-state index in [1.165, 1.54) is 18.2 Å². The van der Waals surface area contributed by atoms with Gasteiger partial charge in [0, 0.05) is 6.54 Å². The topological polar surface area (TPSA) is 86.0 Å². The minimum atomic E-state index is -0.828. The summed E-state index contributed by atoms with van der Waals surface area (Å²) in [6.07, 6.45) is 0. The predicted octanol–water partition coefficient (Wildman–Crippen LogP) is 2.28. The maximum Gasteiger partial charge on any atom is 0.352 e. The molecule has 2 aromatic carbocycles. The number of halogens is 1. The number of benzene rings is 2.